The minimum absolute atomic E-state index is 0.651. The topological polar surface area (TPSA) is 26.0 Å². The molecule has 2 aromatic rings. The van der Waals surface area contributed by atoms with Crippen LogP contribution in [0, 0.1) is 5.92 Å². The van der Waals surface area contributed by atoms with E-state index in [-0.39, 0.29) is 0 Å². The molecule has 0 aromatic heterocycles. The minimum atomic E-state index is 0.651. The van der Waals surface area contributed by atoms with E-state index in [1.54, 1.807) is 0 Å². The van der Waals surface area contributed by atoms with Gasteiger partial charge < -0.3 is 5.73 Å². The molecule has 2 aromatic carbocycles. The highest BCUT2D eigenvalue weighted by atomic mass is 14.6. The van der Waals surface area contributed by atoms with E-state index in [0.29, 0.717) is 11.8 Å². The van der Waals surface area contributed by atoms with E-state index >= 15 is 0 Å². The molecule has 2 unspecified atom stereocenters. The van der Waals surface area contributed by atoms with Gasteiger partial charge in [0.15, 0.2) is 0 Å². The van der Waals surface area contributed by atoms with Gasteiger partial charge in [-0.3, -0.25) is 0 Å². The Morgan fingerprint density at radius 2 is 1.68 bits per heavy atom. The van der Waals surface area contributed by atoms with Crippen molar-refractivity contribution in [2.24, 2.45) is 11.7 Å². The van der Waals surface area contributed by atoms with Gasteiger partial charge in [0.2, 0.25) is 0 Å². The summed E-state index contributed by atoms with van der Waals surface area (Å²) in [6.07, 6.45) is 6.67. The molecule has 1 aliphatic rings. The second-order valence-electron chi connectivity index (χ2n) is 5.81. The van der Waals surface area contributed by atoms with Gasteiger partial charge in [-0.25, -0.2) is 0 Å². The maximum atomic E-state index is 6.04. The van der Waals surface area contributed by atoms with Crippen LogP contribution >= 0.6 is 0 Å². The van der Waals surface area contributed by atoms with E-state index < -0.39 is 0 Å². The Morgan fingerprint density at radius 1 is 0.895 bits per heavy atom. The molecule has 2 atom stereocenters. The Labute approximate surface area is 115 Å². The molecular weight excluding hydrogens is 230 g/mol. The van der Waals surface area contributed by atoms with Crippen LogP contribution in [0.1, 0.15) is 43.6 Å². The van der Waals surface area contributed by atoms with Crippen LogP contribution in [0.25, 0.3) is 10.8 Å². The first kappa shape index (κ1) is 12.7. The van der Waals surface area contributed by atoms with Crippen LogP contribution < -0.4 is 5.73 Å². The molecule has 1 aliphatic carbocycles. The SMILES string of the molecule is NCC1CCCCCC1c1cccc2ccccc12. The van der Waals surface area contributed by atoms with Gasteiger partial charge in [-0.15, -0.1) is 0 Å². The molecule has 0 bridgehead atoms. The van der Waals surface area contributed by atoms with Crippen LogP contribution in [-0.2, 0) is 0 Å². The zero-order chi connectivity index (χ0) is 13.1. The van der Waals surface area contributed by atoms with Crippen molar-refractivity contribution >= 4 is 10.8 Å². The fraction of sp³-hybridized carbons (Fsp3) is 0.444. The Kier molecular flexibility index (Phi) is 3.84. The monoisotopic (exact) mass is 253 g/mol. The Bertz CT molecular complexity index is 541. The molecule has 1 nitrogen and oxygen atoms in total. The van der Waals surface area contributed by atoms with Gasteiger partial charge in [0, 0.05) is 0 Å². The third-order valence-electron chi connectivity index (χ3n) is 4.68. The van der Waals surface area contributed by atoms with Crippen molar-refractivity contribution in [1.29, 1.82) is 0 Å². The maximum absolute atomic E-state index is 6.04. The van der Waals surface area contributed by atoms with Crippen molar-refractivity contribution in [2.75, 3.05) is 6.54 Å². The molecule has 0 amide bonds. The van der Waals surface area contributed by atoms with Crippen molar-refractivity contribution in [3.05, 3.63) is 48.0 Å². The largest absolute Gasteiger partial charge is 0.330 e. The highest BCUT2D eigenvalue weighted by Crippen LogP contribution is 2.38. The molecule has 1 fully saturated rings. The van der Waals surface area contributed by atoms with Gasteiger partial charge in [0.25, 0.3) is 0 Å². The standard InChI is InChI=1S/C18H23N/c19-13-15-8-2-1-3-10-17(15)18-12-6-9-14-7-4-5-11-16(14)18/h4-7,9,11-12,15,17H,1-3,8,10,13,19H2. The Morgan fingerprint density at radius 3 is 2.58 bits per heavy atom. The number of hydrogen-bond acceptors (Lipinski definition) is 1. The van der Waals surface area contributed by atoms with E-state index in [4.69, 9.17) is 5.73 Å². The summed E-state index contributed by atoms with van der Waals surface area (Å²) >= 11 is 0. The summed E-state index contributed by atoms with van der Waals surface area (Å²) in [5, 5.41) is 2.79. The third-order valence-corrected chi connectivity index (χ3v) is 4.68. The van der Waals surface area contributed by atoms with Crippen LogP contribution in [0.5, 0.6) is 0 Å². The zero-order valence-electron chi connectivity index (χ0n) is 11.5. The van der Waals surface area contributed by atoms with Gasteiger partial charge >= 0.3 is 0 Å². The molecule has 2 N–H and O–H groups in total. The number of benzene rings is 2. The number of nitrogens with two attached hydrogens (primary N) is 1. The van der Waals surface area contributed by atoms with Crippen molar-refractivity contribution in [2.45, 2.75) is 38.0 Å². The summed E-state index contributed by atoms with van der Waals surface area (Å²) in [6, 6.07) is 15.5. The molecule has 1 heteroatoms. The molecule has 0 aliphatic heterocycles. The molecule has 3 rings (SSSR count). The second kappa shape index (κ2) is 5.75. The normalized spacial score (nSPS) is 24.3. The highest BCUT2D eigenvalue weighted by Gasteiger charge is 2.25. The fourth-order valence-corrected chi connectivity index (χ4v) is 3.65. The lowest BCUT2D eigenvalue weighted by Crippen LogP contribution is -2.21. The van der Waals surface area contributed by atoms with Crippen molar-refractivity contribution in [1.82, 2.24) is 0 Å². The predicted octanol–water partition coefficient (Wildman–Crippen LogP) is 4.46. The van der Waals surface area contributed by atoms with Crippen LogP contribution in [0.15, 0.2) is 42.5 Å². The molecule has 0 heterocycles. The summed E-state index contributed by atoms with van der Waals surface area (Å²) in [5.41, 5.74) is 7.57. The van der Waals surface area contributed by atoms with Gasteiger partial charge in [0.1, 0.15) is 0 Å². The first-order valence-electron chi connectivity index (χ1n) is 7.58. The molecule has 19 heavy (non-hydrogen) atoms. The van der Waals surface area contributed by atoms with Crippen molar-refractivity contribution in [3.8, 4) is 0 Å². The van der Waals surface area contributed by atoms with Crippen molar-refractivity contribution < 1.29 is 0 Å². The summed E-state index contributed by atoms with van der Waals surface area (Å²) in [5.74, 6) is 1.31. The number of fused-ring (bicyclic) bond motifs is 1. The predicted molar refractivity (Wildman–Crippen MR) is 82.3 cm³/mol. The van der Waals surface area contributed by atoms with E-state index in [2.05, 4.69) is 42.5 Å². The van der Waals surface area contributed by atoms with Crippen LogP contribution in [-0.4, -0.2) is 6.54 Å². The molecule has 0 radical (unpaired) electrons. The fourth-order valence-electron chi connectivity index (χ4n) is 3.65. The van der Waals surface area contributed by atoms with E-state index in [9.17, 15) is 0 Å². The maximum Gasteiger partial charge on any atom is -0.00430 e. The van der Waals surface area contributed by atoms with Gasteiger partial charge in [-0.05, 0) is 47.6 Å². The second-order valence-corrected chi connectivity index (χ2v) is 5.81. The van der Waals surface area contributed by atoms with Crippen LogP contribution in [0.2, 0.25) is 0 Å². The summed E-state index contributed by atoms with van der Waals surface area (Å²) < 4.78 is 0. The Hall–Kier alpha value is -1.34. The molecular formula is C18H23N. The Balaban J connectivity index is 2.06. The quantitative estimate of drug-likeness (QED) is 0.785. The van der Waals surface area contributed by atoms with Gasteiger partial charge in [-0.1, -0.05) is 61.7 Å². The average molecular weight is 253 g/mol. The molecule has 100 valence electrons. The van der Waals surface area contributed by atoms with Gasteiger partial charge in [-0.2, -0.15) is 0 Å². The van der Waals surface area contributed by atoms with E-state index in [1.165, 1.54) is 48.4 Å². The van der Waals surface area contributed by atoms with Crippen molar-refractivity contribution in [3.63, 3.8) is 0 Å². The highest BCUT2D eigenvalue weighted by molar-refractivity contribution is 5.86. The van der Waals surface area contributed by atoms with Gasteiger partial charge in [0.05, 0.1) is 0 Å². The van der Waals surface area contributed by atoms with E-state index in [0.717, 1.165) is 6.54 Å². The molecule has 1 saturated carbocycles. The minimum Gasteiger partial charge on any atom is -0.330 e. The van der Waals surface area contributed by atoms with Crippen LogP contribution in [0.3, 0.4) is 0 Å². The number of hydrogen-bond donors (Lipinski definition) is 1. The molecule has 0 saturated heterocycles. The molecule has 0 spiro atoms. The number of rotatable bonds is 2. The average Bonchev–Trinajstić information content (AvgIpc) is 2.71. The summed E-state index contributed by atoms with van der Waals surface area (Å²) in [6.45, 7) is 0.827. The first-order chi connectivity index (χ1) is 9.40. The lowest BCUT2D eigenvalue weighted by Gasteiger charge is -2.25. The zero-order valence-corrected chi connectivity index (χ0v) is 11.5. The van der Waals surface area contributed by atoms with Crippen LogP contribution in [0.4, 0.5) is 0 Å². The smallest absolute Gasteiger partial charge is 0.00430 e. The summed E-state index contributed by atoms with van der Waals surface area (Å²) in [7, 11) is 0. The van der Waals surface area contributed by atoms with E-state index in [1.807, 2.05) is 0 Å². The lowest BCUT2D eigenvalue weighted by molar-refractivity contribution is 0.410. The summed E-state index contributed by atoms with van der Waals surface area (Å²) in [4.78, 5) is 0. The third kappa shape index (κ3) is 2.52. The first-order valence-corrected chi connectivity index (χ1v) is 7.58. The lowest BCUT2D eigenvalue weighted by atomic mass is 9.80.